The van der Waals surface area contributed by atoms with E-state index < -0.39 is 27.7 Å². The monoisotopic (exact) mass is 481 g/mol. The number of nitrogens with two attached hydrogens (primary N) is 1. The van der Waals surface area contributed by atoms with Crippen molar-refractivity contribution in [3.63, 3.8) is 0 Å². The largest absolute Gasteiger partial charge is 0.366 e. The number of hydrogen-bond acceptors (Lipinski definition) is 4. The van der Waals surface area contributed by atoms with E-state index in [2.05, 4.69) is 10.0 Å². The normalized spacial score (nSPS) is 11.1. The van der Waals surface area contributed by atoms with Gasteiger partial charge in [-0.25, -0.2) is 12.8 Å². The highest BCUT2D eigenvalue weighted by Crippen LogP contribution is 2.25. The Morgan fingerprint density at radius 1 is 0.935 bits per heavy atom. The molecule has 31 heavy (non-hydrogen) atoms. The average molecular weight is 482 g/mol. The number of benzene rings is 3. The summed E-state index contributed by atoms with van der Waals surface area (Å²) >= 11 is 11.8. The zero-order chi connectivity index (χ0) is 22.8. The lowest BCUT2D eigenvalue weighted by molar-refractivity contribution is 0.0997. The molecule has 3 aromatic rings. The van der Waals surface area contributed by atoms with Crippen molar-refractivity contribution in [3.8, 4) is 0 Å². The molecule has 0 saturated heterocycles. The van der Waals surface area contributed by atoms with E-state index in [0.29, 0.717) is 5.02 Å². The van der Waals surface area contributed by atoms with E-state index in [9.17, 15) is 22.4 Å². The second kappa shape index (κ2) is 8.93. The number of primary amides is 1. The Labute approximate surface area is 187 Å². The second-order valence-corrected chi connectivity index (χ2v) is 8.79. The van der Waals surface area contributed by atoms with Gasteiger partial charge in [0.05, 0.1) is 21.2 Å². The number of halogens is 3. The van der Waals surface area contributed by atoms with Gasteiger partial charge in [-0.3, -0.25) is 14.3 Å². The van der Waals surface area contributed by atoms with Crippen LogP contribution in [0.3, 0.4) is 0 Å². The maximum atomic E-state index is 14.5. The number of rotatable bonds is 6. The number of amides is 2. The van der Waals surface area contributed by atoms with E-state index in [4.69, 9.17) is 28.9 Å². The average Bonchev–Trinajstić information content (AvgIpc) is 2.69. The van der Waals surface area contributed by atoms with E-state index in [1.54, 1.807) is 0 Å². The summed E-state index contributed by atoms with van der Waals surface area (Å²) in [5.74, 6) is -2.32. The molecular formula is C20H14Cl2FN3O4S. The third-order valence-electron chi connectivity index (χ3n) is 4.10. The SMILES string of the molecule is NC(=O)c1ccc(NS(=O)(=O)c2ccc(NC(=O)c3ccc(Cl)cc3Cl)c(F)c2)cc1. The summed E-state index contributed by atoms with van der Waals surface area (Å²) in [7, 11) is -4.13. The maximum Gasteiger partial charge on any atom is 0.261 e. The number of sulfonamides is 1. The van der Waals surface area contributed by atoms with Gasteiger partial charge in [0.1, 0.15) is 5.82 Å². The minimum atomic E-state index is -4.13. The number of carbonyl (C=O) groups excluding carboxylic acids is 2. The third kappa shape index (κ3) is 5.32. The Hall–Kier alpha value is -3.14. The first-order chi connectivity index (χ1) is 14.6. The van der Waals surface area contributed by atoms with Gasteiger partial charge in [0.25, 0.3) is 15.9 Å². The van der Waals surface area contributed by atoms with E-state index in [0.717, 1.165) is 18.2 Å². The van der Waals surface area contributed by atoms with Gasteiger partial charge in [-0.05, 0) is 60.7 Å². The highest BCUT2D eigenvalue weighted by Gasteiger charge is 2.19. The molecule has 0 unspecified atom stereocenters. The first-order valence-electron chi connectivity index (χ1n) is 8.55. The summed E-state index contributed by atoms with van der Waals surface area (Å²) in [6.45, 7) is 0. The molecule has 0 saturated carbocycles. The topological polar surface area (TPSA) is 118 Å². The number of carbonyl (C=O) groups is 2. The molecule has 0 bridgehead atoms. The molecule has 0 aromatic heterocycles. The molecule has 3 aromatic carbocycles. The van der Waals surface area contributed by atoms with Crippen molar-refractivity contribution in [2.75, 3.05) is 10.0 Å². The Morgan fingerprint density at radius 3 is 2.19 bits per heavy atom. The van der Waals surface area contributed by atoms with Crippen LogP contribution in [0.1, 0.15) is 20.7 Å². The van der Waals surface area contributed by atoms with Gasteiger partial charge in [0.15, 0.2) is 0 Å². The van der Waals surface area contributed by atoms with Crippen molar-refractivity contribution in [2.24, 2.45) is 5.73 Å². The molecule has 0 aliphatic carbocycles. The Balaban J connectivity index is 1.78. The van der Waals surface area contributed by atoms with Gasteiger partial charge in [-0.2, -0.15) is 0 Å². The van der Waals surface area contributed by atoms with E-state index in [1.165, 1.54) is 42.5 Å². The van der Waals surface area contributed by atoms with E-state index in [1.807, 2.05) is 0 Å². The molecule has 7 nitrogen and oxygen atoms in total. The van der Waals surface area contributed by atoms with Gasteiger partial charge >= 0.3 is 0 Å². The van der Waals surface area contributed by atoms with Crippen molar-refractivity contribution < 1.29 is 22.4 Å². The molecule has 0 aliphatic heterocycles. The molecule has 0 atom stereocenters. The quantitative estimate of drug-likeness (QED) is 0.486. The number of nitrogens with one attached hydrogen (secondary N) is 2. The fourth-order valence-corrected chi connectivity index (χ4v) is 4.11. The molecule has 11 heteroatoms. The van der Waals surface area contributed by atoms with Crippen molar-refractivity contribution in [2.45, 2.75) is 4.90 Å². The van der Waals surface area contributed by atoms with Crippen LogP contribution in [0.4, 0.5) is 15.8 Å². The van der Waals surface area contributed by atoms with Gasteiger partial charge in [0.2, 0.25) is 5.91 Å². The van der Waals surface area contributed by atoms with E-state index >= 15 is 0 Å². The fraction of sp³-hybridized carbons (Fsp3) is 0. The zero-order valence-corrected chi connectivity index (χ0v) is 17.9. The van der Waals surface area contributed by atoms with Crippen LogP contribution >= 0.6 is 23.2 Å². The first-order valence-corrected chi connectivity index (χ1v) is 10.8. The molecule has 0 heterocycles. The van der Waals surface area contributed by atoms with Crippen LogP contribution < -0.4 is 15.8 Å². The van der Waals surface area contributed by atoms with E-state index in [-0.39, 0.29) is 32.4 Å². The van der Waals surface area contributed by atoms with Crippen molar-refractivity contribution in [1.29, 1.82) is 0 Å². The Kier molecular flexibility index (Phi) is 6.49. The highest BCUT2D eigenvalue weighted by molar-refractivity contribution is 7.92. The number of anilines is 2. The minimum absolute atomic E-state index is 0.0724. The van der Waals surface area contributed by atoms with Crippen LogP contribution in [0.5, 0.6) is 0 Å². The van der Waals surface area contributed by atoms with Crippen molar-refractivity contribution in [1.82, 2.24) is 0 Å². The summed E-state index contributed by atoms with van der Waals surface area (Å²) < 4.78 is 41.8. The van der Waals surface area contributed by atoms with Crippen LogP contribution in [-0.4, -0.2) is 20.2 Å². The summed E-state index contributed by atoms with van der Waals surface area (Å²) in [6, 6.07) is 12.6. The smallest absolute Gasteiger partial charge is 0.261 e. The predicted molar refractivity (Wildman–Crippen MR) is 117 cm³/mol. The molecule has 4 N–H and O–H groups in total. The van der Waals surface area contributed by atoms with Crippen LogP contribution in [-0.2, 0) is 10.0 Å². The molecular weight excluding hydrogens is 468 g/mol. The van der Waals surface area contributed by atoms with Crippen LogP contribution in [0, 0.1) is 5.82 Å². The summed E-state index contributed by atoms with van der Waals surface area (Å²) in [4.78, 5) is 23.0. The fourth-order valence-electron chi connectivity index (χ4n) is 2.54. The first kappa shape index (κ1) is 22.5. The maximum absolute atomic E-state index is 14.5. The molecule has 2 amide bonds. The Morgan fingerprint density at radius 2 is 1.61 bits per heavy atom. The summed E-state index contributed by atoms with van der Waals surface area (Å²) in [5.41, 5.74) is 5.33. The highest BCUT2D eigenvalue weighted by atomic mass is 35.5. The predicted octanol–water partition coefficient (Wildman–Crippen LogP) is 4.28. The molecule has 0 radical (unpaired) electrons. The standard InChI is InChI=1S/C20H14Cl2FN3O4S/c21-12-3-7-15(16(22)9-12)20(28)25-18-8-6-14(10-17(18)23)31(29,30)26-13-4-1-11(2-5-13)19(24)27/h1-10,26H,(H2,24,27)(H,25,28). The lowest BCUT2D eigenvalue weighted by atomic mass is 10.2. The molecule has 160 valence electrons. The lowest BCUT2D eigenvalue weighted by Gasteiger charge is -2.11. The number of hydrogen-bond donors (Lipinski definition) is 3. The molecule has 3 rings (SSSR count). The second-order valence-electron chi connectivity index (χ2n) is 6.27. The zero-order valence-electron chi connectivity index (χ0n) is 15.5. The Bertz CT molecular complexity index is 1280. The van der Waals surface area contributed by atoms with Crippen LogP contribution in [0.2, 0.25) is 10.0 Å². The van der Waals surface area contributed by atoms with Gasteiger partial charge in [0, 0.05) is 16.3 Å². The van der Waals surface area contributed by atoms with Gasteiger partial charge in [-0.15, -0.1) is 0 Å². The van der Waals surface area contributed by atoms with Crippen LogP contribution in [0.15, 0.2) is 65.6 Å². The van der Waals surface area contributed by atoms with Crippen LogP contribution in [0.25, 0.3) is 0 Å². The lowest BCUT2D eigenvalue weighted by Crippen LogP contribution is -2.16. The summed E-state index contributed by atoms with van der Waals surface area (Å²) in [6.07, 6.45) is 0. The van der Waals surface area contributed by atoms with Gasteiger partial charge < -0.3 is 11.1 Å². The van der Waals surface area contributed by atoms with Crippen molar-refractivity contribution >= 4 is 56.4 Å². The van der Waals surface area contributed by atoms with Gasteiger partial charge in [-0.1, -0.05) is 23.2 Å². The van der Waals surface area contributed by atoms with Crippen molar-refractivity contribution in [3.05, 3.63) is 87.7 Å². The third-order valence-corrected chi connectivity index (χ3v) is 6.02. The molecule has 0 spiro atoms. The minimum Gasteiger partial charge on any atom is -0.366 e. The summed E-state index contributed by atoms with van der Waals surface area (Å²) in [5, 5.41) is 2.74. The molecule has 0 fully saturated rings. The molecule has 0 aliphatic rings.